The van der Waals surface area contributed by atoms with Gasteiger partial charge in [0.25, 0.3) is 0 Å². The van der Waals surface area contributed by atoms with Crippen molar-refractivity contribution >= 4 is 33.2 Å². The second-order valence-corrected chi connectivity index (χ2v) is 6.44. The van der Waals surface area contributed by atoms with E-state index in [9.17, 15) is 4.79 Å². The Kier molecular flexibility index (Phi) is 4.78. The maximum atomic E-state index is 12.1. The van der Waals surface area contributed by atoms with Crippen molar-refractivity contribution in [2.75, 3.05) is 23.3 Å². The van der Waals surface area contributed by atoms with Gasteiger partial charge in [-0.1, -0.05) is 40.2 Å². The Morgan fingerprint density at radius 2 is 2.05 bits per heavy atom. The van der Waals surface area contributed by atoms with Gasteiger partial charge in [0.2, 0.25) is 5.91 Å². The summed E-state index contributed by atoms with van der Waals surface area (Å²) >= 11 is 3.41. The Labute approximate surface area is 139 Å². The van der Waals surface area contributed by atoms with Crippen LogP contribution in [0.4, 0.5) is 11.4 Å². The average Bonchev–Trinajstić information content (AvgIpc) is 2.53. The number of nitrogens with zero attached hydrogens (tertiary/aromatic N) is 1. The molecule has 0 saturated carbocycles. The first-order chi connectivity index (χ1) is 10.7. The molecular formula is C18H19BrN2O. The summed E-state index contributed by atoms with van der Waals surface area (Å²) in [4.78, 5) is 14.4. The number of hydrogen-bond acceptors (Lipinski definition) is 2. The molecular weight excluding hydrogens is 340 g/mol. The van der Waals surface area contributed by atoms with Crippen LogP contribution >= 0.6 is 15.9 Å². The van der Waals surface area contributed by atoms with Gasteiger partial charge in [-0.3, -0.25) is 4.79 Å². The summed E-state index contributed by atoms with van der Waals surface area (Å²) in [6.45, 7) is 1.79. The fourth-order valence-corrected chi connectivity index (χ4v) is 3.27. The minimum absolute atomic E-state index is 0.0566. The van der Waals surface area contributed by atoms with E-state index in [1.165, 1.54) is 11.3 Å². The fourth-order valence-electron chi connectivity index (χ4n) is 2.87. The van der Waals surface area contributed by atoms with E-state index >= 15 is 0 Å². The van der Waals surface area contributed by atoms with Gasteiger partial charge in [-0.15, -0.1) is 0 Å². The van der Waals surface area contributed by atoms with Crippen molar-refractivity contribution in [2.24, 2.45) is 0 Å². The van der Waals surface area contributed by atoms with E-state index in [0.717, 1.165) is 36.1 Å². The first kappa shape index (κ1) is 15.1. The number of rotatable bonds is 4. The summed E-state index contributed by atoms with van der Waals surface area (Å²) in [5, 5.41) is 2.95. The van der Waals surface area contributed by atoms with Crippen LogP contribution in [0.15, 0.2) is 53.0 Å². The van der Waals surface area contributed by atoms with E-state index in [4.69, 9.17) is 0 Å². The molecule has 4 heteroatoms. The van der Waals surface area contributed by atoms with Crippen molar-refractivity contribution in [3.05, 3.63) is 58.6 Å². The zero-order chi connectivity index (χ0) is 15.4. The maximum Gasteiger partial charge on any atom is 0.226 e. The van der Waals surface area contributed by atoms with E-state index in [-0.39, 0.29) is 5.91 Å². The van der Waals surface area contributed by atoms with Gasteiger partial charge in [0, 0.05) is 35.4 Å². The molecule has 0 saturated heterocycles. The molecule has 0 unspecified atom stereocenters. The molecule has 3 rings (SSSR count). The molecule has 0 aliphatic carbocycles. The highest BCUT2D eigenvalue weighted by Crippen LogP contribution is 2.26. The Morgan fingerprint density at radius 1 is 1.18 bits per heavy atom. The standard InChI is InChI=1S/C18H19BrN2O/c19-15-7-3-8-16(13-15)20-18(22)10-12-21-11-4-6-14-5-1-2-9-17(14)21/h1-3,5,7-9,13H,4,6,10-12H2,(H,20,22). The Balaban J connectivity index is 1.58. The Bertz CT molecular complexity index is 672. The van der Waals surface area contributed by atoms with Crippen LogP contribution in [0.1, 0.15) is 18.4 Å². The number of halogens is 1. The van der Waals surface area contributed by atoms with Crippen molar-refractivity contribution < 1.29 is 4.79 Å². The van der Waals surface area contributed by atoms with E-state index in [2.05, 4.69) is 50.4 Å². The number of aryl methyl sites for hydroxylation is 1. The number of amides is 1. The third kappa shape index (κ3) is 3.69. The summed E-state index contributed by atoms with van der Waals surface area (Å²) in [6.07, 6.45) is 2.79. The van der Waals surface area contributed by atoms with E-state index in [0.29, 0.717) is 6.42 Å². The predicted molar refractivity (Wildman–Crippen MR) is 94.4 cm³/mol. The van der Waals surface area contributed by atoms with Crippen LogP contribution in [-0.4, -0.2) is 19.0 Å². The van der Waals surface area contributed by atoms with Gasteiger partial charge in [0.1, 0.15) is 0 Å². The number of fused-ring (bicyclic) bond motifs is 1. The van der Waals surface area contributed by atoms with Crippen LogP contribution in [0.5, 0.6) is 0 Å². The third-order valence-corrected chi connectivity index (χ3v) is 4.42. The van der Waals surface area contributed by atoms with Gasteiger partial charge in [-0.25, -0.2) is 0 Å². The number of nitrogens with one attached hydrogen (secondary N) is 1. The highest BCUT2D eigenvalue weighted by molar-refractivity contribution is 9.10. The largest absolute Gasteiger partial charge is 0.371 e. The molecule has 22 heavy (non-hydrogen) atoms. The average molecular weight is 359 g/mol. The van der Waals surface area contributed by atoms with Crippen molar-refractivity contribution in [3.63, 3.8) is 0 Å². The lowest BCUT2D eigenvalue weighted by atomic mass is 10.0. The molecule has 0 atom stereocenters. The zero-order valence-electron chi connectivity index (χ0n) is 12.4. The lowest BCUT2D eigenvalue weighted by Gasteiger charge is -2.31. The summed E-state index contributed by atoms with van der Waals surface area (Å²) in [5.74, 6) is 0.0566. The Hall–Kier alpha value is -1.81. The molecule has 0 aromatic heterocycles. The second-order valence-electron chi connectivity index (χ2n) is 5.53. The quantitative estimate of drug-likeness (QED) is 0.886. The molecule has 1 aliphatic rings. The molecule has 2 aromatic carbocycles. The minimum Gasteiger partial charge on any atom is -0.371 e. The highest BCUT2D eigenvalue weighted by Gasteiger charge is 2.16. The monoisotopic (exact) mass is 358 g/mol. The van der Waals surface area contributed by atoms with Gasteiger partial charge in [-0.05, 0) is 42.7 Å². The maximum absolute atomic E-state index is 12.1. The molecule has 0 fully saturated rings. The first-order valence-corrected chi connectivity index (χ1v) is 8.40. The third-order valence-electron chi connectivity index (χ3n) is 3.92. The smallest absolute Gasteiger partial charge is 0.226 e. The van der Waals surface area contributed by atoms with E-state index in [1.54, 1.807) is 0 Å². The number of anilines is 2. The number of carbonyl (C=O) groups excluding carboxylic acids is 1. The fraction of sp³-hybridized carbons (Fsp3) is 0.278. The van der Waals surface area contributed by atoms with Crippen LogP contribution in [0.2, 0.25) is 0 Å². The van der Waals surface area contributed by atoms with Crippen LogP contribution in [0, 0.1) is 0 Å². The van der Waals surface area contributed by atoms with Gasteiger partial charge >= 0.3 is 0 Å². The number of carbonyl (C=O) groups is 1. The number of hydrogen-bond donors (Lipinski definition) is 1. The van der Waals surface area contributed by atoms with Crippen LogP contribution < -0.4 is 10.2 Å². The summed E-state index contributed by atoms with van der Waals surface area (Å²) < 4.78 is 0.968. The van der Waals surface area contributed by atoms with Crippen LogP contribution in [0.3, 0.4) is 0 Å². The molecule has 0 radical (unpaired) electrons. The zero-order valence-corrected chi connectivity index (χ0v) is 14.0. The Morgan fingerprint density at radius 3 is 2.91 bits per heavy atom. The molecule has 2 aromatic rings. The summed E-state index contributed by atoms with van der Waals surface area (Å²) in [5.41, 5.74) is 3.50. The van der Waals surface area contributed by atoms with E-state index in [1.807, 2.05) is 24.3 Å². The predicted octanol–water partition coefficient (Wildman–Crippen LogP) is 4.23. The molecule has 1 aliphatic heterocycles. The number of para-hydroxylation sites is 1. The highest BCUT2D eigenvalue weighted by atomic mass is 79.9. The SMILES string of the molecule is O=C(CCN1CCCc2ccccc21)Nc1cccc(Br)c1. The summed E-state index contributed by atoms with van der Waals surface area (Å²) in [6, 6.07) is 16.2. The van der Waals surface area contributed by atoms with Crippen molar-refractivity contribution in [1.29, 1.82) is 0 Å². The summed E-state index contributed by atoms with van der Waals surface area (Å²) in [7, 11) is 0. The molecule has 0 spiro atoms. The minimum atomic E-state index is 0.0566. The van der Waals surface area contributed by atoms with Gasteiger partial charge in [-0.2, -0.15) is 0 Å². The lowest BCUT2D eigenvalue weighted by Crippen LogP contribution is -2.32. The molecule has 3 nitrogen and oxygen atoms in total. The van der Waals surface area contributed by atoms with Crippen LogP contribution in [-0.2, 0) is 11.2 Å². The normalized spacial score (nSPS) is 13.6. The van der Waals surface area contributed by atoms with Crippen molar-refractivity contribution in [3.8, 4) is 0 Å². The van der Waals surface area contributed by atoms with Gasteiger partial charge in [0.15, 0.2) is 0 Å². The molecule has 114 valence electrons. The second kappa shape index (κ2) is 6.97. The molecule has 1 amide bonds. The first-order valence-electron chi connectivity index (χ1n) is 7.60. The topological polar surface area (TPSA) is 32.3 Å². The number of benzene rings is 2. The molecule has 1 N–H and O–H groups in total. The van der Waals surface area contributed by atoms with Gasteiger partial charge in [0.05, 0.1) is 0 Å². The van der Waals surface area contributed by atoms with E-state index < -0.39 is 0 Å². The lowest BCUT2D eigenvalue weighted by molar-refractivity contribution is -0.116. The van der Waals surface area contributed by atoms with Crippen molar-refractivity contribution in [1.82, 2.24) is 0 Å². The molecule has 0 bridgehead atoms. The van der Waals surface area contributed by atoms with Crippen molar-refractivity contribution in [2.45, 2.75) is 19.3 Å². The van der Waals surface area contributed by atoms with Gasteiger partial charge < -0.3 is 10.2 Å². The molecule has 1 heterocycles. The van der Waals surface area contributed by atoms with Crippen LogP contribution in [0.25, 0.3) is 0 Å².